The largest absolute Gasteiger partial charge is 0.496 e. The monoisotopic (exact) mass is 351 g/mol. The zero-order valence-electron chi connectivity index (χ0n) is 16.0. The second-order valence-electron chi connectivity index (χ2n) is 6.54. The van der Waals surface area contributed by atoms with Crippen molar-refractivity contribution in [1.82, 2.24) is 0 Å². The summed E-state index contributed by atoms with van der Waals surface area (Å²) < 4.78 is 15.8. The SMILES string of the molecule is CCCO[C@](C)(CC(C)C)C(=O)Nc1ccc(OC)c(C(=O)OC)c1. The normalized spacial score (nSPS) is 13.2. The highest BCUT2D eigenvalue weighted by atomic mass is 16.5. The van der Waals surface area contributed by atoms with Gasteiger partial charge in [-0.15, -0.1) is 0 Å². The van der Waals surface area contributed by atoms with Gasteiger partial charge in [-0.05, 0) is 43.9 Å². The Morgan fingerprint density at radius 1 is 1.24 bits per heavy atom. The Bertz CT molecular complexity index is 599. The number of carbonyl (C=O) groups excluding carboxylic acids is 2. The third-order valence-corrected chi connectivity index (χ3v) is 3.77. The van der Waals surface area contributed by atoms with E-state index in [4.69, 9.17) is 14.2 Å². The zero-order valence-corrected chi connectivity index (χ0v) is 16.0. The number of carbonyl (C=O) groups is 2. The van der Waals surface area contributed by atoms with Crippen LogP contribution in [-0.4, -0.2) is 38.3 Å². The maximum Gasteiger partial charge on any atom is 0.341 e. The quantitative estimate of drug-likeness (QED) is 0.688. The Morgan fingerprint density at radius 3 is 2.44 bits per heavy atom. The minimum Gasteiger partial charge on any atom is -0.496 e. The van der Waals surface area contributed by atoms with Gasteiger partial charge in [0.1, 0.15) is 16.9 Å². The van der Waals surface area contributed by atoms with Gasteiger partial charge in [-0.25, -0.2) is 4.79 Å². The number of benzene rings is 1. The first-order valence-electron chi connectivity index (χ1n) is 8.49. The fourth-order valence-corrected chi connectivity index (χ4v) is 2.64. The molecular formula is C19H29NO5. The molecule has 0 heterocycles. The molecule has 1 amide bonds. The van der Waals surface area contributed by atoms with E-state index in [1.165, 1.54) is 20.3 Å². The minimum atomic E-state index is -0.935. The summed E-state index contributed by atoms with van der Waals surface area (Å²) in [6, 6.07) is 4.84. The van der Waals surface area contributed by atoms with E-state index in [0.29, 0.717) is 30.4 Å². The van der Waals surface area contributed by atoms with Gasteiger partial charge in [0.2, 0.25) is 0 Å². The predicted molar refractivity (Wildman–Crippen MR) is 97.1 cm³/mol. The summed E-state index contributed by atoms with van der Waals surface area (Å²) in [6.07, 6.45) is 1.43. The average molecular weight is 351 g/mol. The van der Waals surface area contributed by atoms with Gasteiger partial charge in [0.15, 0.2) is 0 Å². The molecule has 0 aliphatic heterocycles. The molecule has 1 rings (SSSR count). The third-order valence-electron chi connectivity index (χ3n) is 3.77. The van der Waals surface area contributed by atoms with Crippen molar-refractivity contribution >= 4 is 17.6 Å². The van der Waals surface area contributed by atoms with Gasteiger partial charge in [0.25, 0.3) is 5.91 Å². The molecule has 1 atom stereocenters. The van der Waals surface area contributed by atoms with Gasteiger partial charge in [-0.1, -0.05) is 20.8 Å². The molecule has 1 aromatic rings. The Labute approximate surface area is 149 Å². The number of ether oxygens (including phenoxy) is 3. The molecule has 140 valence electrons. The van der Waals surface area contributed by atoms with Crippen LogP contribution in [0.5, 0.6) is 5.75 Å². The molecule has 0 saturated carbocycles. The van der Waals surface area contributed by atoms with Crippen molar-refractivity contribution in [2.45, 2.75) is 46.1 Å². The van der Waals surface area contributed by atoms with E-state index in [1.807, 2.05) is 20.8 Å². The number of amides is 1. The van der Waals surface area contributed by atoms with Crippen LogP contribution in [-0.2, 0) is 14.3 Å². The molecule has 25 heavy (non-hydrogen) atoms. The van der Waals surface area contributed by atoms with Gasteiger partial charge in [0.05, 0.1) is 14.2 Å². The molecule has 0 spiro atoms. The van der Waals surface area contributed by atoms with Crippen LogP contribution in [0.4, 0.5) is 5.69 Å². The Kier molecular flexibility index (Phi) is 7.90. The van der Waals surface area contributed by atoms with Crippen molar-refractivity contribution in [3.63, 3.8) is 0 Å². The van der Waals surface area contributed by atoms with Gasteiger partial charge in [-0.3, -0.25) is 4.79 Å². The smallest absolute Gasteiger partial charge is 0.341 e. The standard InChI is InChI=1S/C19H29NO5/c1-7-10-25-19(4,12-13(2)3)18(22)20-14-8-9-16(23-5)15(11-14)17(21)24-6/h8-9,11,13H,7,10,12H2,1-6H3,(H,20,22)/t19-/m1/s1. The molecule has 1 N–H and O–H groups in total. The van der Waals surface area contributed by atoms with Crippen LogP contribution in [0.1, 0.15) is 50.9 Å². The van der Waals surface area contributed by atoms with Crippen molar-refractivity contribution in [3.05, 3.63) is 23.8 Å². The Balaban J connectivity index is 3.05. The lowest BCUT2D eigenvalue weighted by atomic mass is 9.93. The van der Waals surface area contributed by atoms with Crippen molar-refractivity contribution in [2.75, 3.05) is 26.1 Å². The third kappa shape index (κ3) is 5.74. The second-order valence-corrected chi connectivity index (χ2v) is 6.54. The summed E-state index contributed by atoms with van der Waals surface area (Å²) in [5.74, 6) is -0.0816. The van der Waals surface area contributed by atoms with E-state index in [2.05, 4.69) is 5.32 Å². The number of rotatable bonds is 9. The highest BCUT2D eigenvalue weighted by Gasteiger charge is 2.35. The zero-order chi connectivity index (χ0) is 19.0. The number of nitrogens with one attached hydrogen (secondary N) is 1. The number of esters is 1. The topological polar surface area (TPSA) is 73.9 Å². The molecule has 0 bridgehead atoms. The summed E-state index contributed by atoms with van der Waals surface area (Å²) in [7, 11) is 2.77. The number of hydrogen-bond acceptors (Lipinski definition) is 5. The van der Waals surface area contributed by atoms with Gasteiger partial charge in [-0.2, -0.15) is 0 Å². The first kappa shape index (κ1) is 21.0. The maximum absolute atomic E-state index is 12.8. The molecule has 0 unspecified atom stereocenters. The summed E-state index contributed by atoms with van der Waals surface area (Å²) in [5, 5.41) is 2.84. The van der Waals surface area contributed by atoms with E-state index >= 15 is 0 Å². The van der Waals surface area contributed by atoms with Crippen LogP contribution in [0, 0.1) is 5.92 Å². The highest BCUT2D eigenvalue weighted by molar-refractivity contribution is 5.99. The lowest BCUT2D eigenvalue weighted by Crippen LogP contribution is -2.44. The summed E-state index contributed by atoms with van der Waals surface area (Å²) in [6.45, 7) is 8.39. The second kappa shape index (κ2) is 9.42. The van der Waals surface area contributed by atoms with E-state index in [-0.39, 0.29) is 11.5 Å². The molecule has 6 heteroatoms. The molecule has 0 saturated heterocycles. The lowest BCUT2D eigenvalue weighted by Gasteiger charge is -2.30. The van der Waals surface area contributed by atoms with Crippen LogP contribution >= 0.6 is 0 Å². The number of methoxy groups -OCH3 is 2. The predicted octanol–water partition coefficient (Wildman–Crippen LogP) is 3.65. The van der Waals surface area contributed by atoms with Crippen LogP contribution in [0.2, 0.25) is 0 Å². The van der Waals surface area contributed by atoms with Crippen molar-refractivity contribution in [2.24, 2.45) is 5.92 Å². The molecule has 0 fully saturated rings. The molecule has 0 aromatic heterocycles. The lowest BCUT2D eigenvalue weighted by molar-refractivity contribution is -0.141. The number of hydrogen-bond donors (Lipinski definition) is 1. The van der Waals surface area contributed by atoms with Crippen LogP contribution < -0.4 is 10.1 Å². The molecule has 1 aromatic carbocycles. The molecule has 0 aliphatic carbocycles. The maximum atomic E-state index is 12.8. The first-order valence-corrected chi connectivity index (χ1v) is 8.49. The fourth-order valence-electron chi connectivity index (χ4n) is 2.64. The summed E-state index contributed by atoms with van der Waals surface area (Å²) in [4.78, 5) is 24.7. The summed E-state index contributed by atoms with van der Waals surface area (Å²) in [5.41, 5.74) is -0.195. The fraction of sp³-hybridized carbons (Fsp3) is 0.579. The van der Waals surface area contributed by atoms with Crippen LogP contribution in [0.3, 0.4) is 0 Å². The van der Waals surface area contributed by atoms with Crippen LogP contribution in [0.25, 0.3) is 0 Å². The van der Waals surface area contributed by atoms with Gasteiger partial charge >= 0.3 is 5.97 Å². The van der Waals surface area contributed by atoms with Gasteiger partial charge < -0.3 is 19.5 Å². The Morgan fingerprint density at radius 2 is 1.92 bits per heavy atom. The molecule has 0 radical (unpaired) electrons. The first-order chi connectivity index (χ1) is 11.8. The van der Waals surface area contributed by atoms with Crippen molar-refractivity contribution in [3.8, 4) is 5.75 Å². The van der Waals surface area contributed by atoms with Gasteiger partial charge in [0, 0.05) is 12.3 Å². The number of anilines is 1. The van der Waals surface area contributed by atoms with E-state index in [1.54, 1.807) is 19.1 Å². The average Bonchev–Trinajstić information content (AvgIpc) is 2.58. The molecule has 0 aliphatic rings. The highest BCUT2D eigenvalue weighted by Crippen LogP contribution is 2.27. The molecular weight excluding hydrogens is 322 g/mol. The van der Waals surface area contributed by atoms with E-state index in [9.17, 15) is 9.59 Å². The van der Waals surface area contributed by atoms with Crippen LogP contribution in [0.15, 0.2) is 18.2 Å². The van der Waals surface area contributed by atoms with E-state index < -0.39 is 11.6 Å². The van der Waals surface area contributed by atoms with Crippen molar-refractivity contribution < 1.29 is 23.8 Å². The Hall–Kier alpha value is -2.08. The summed E-state index contributed by atoms with van der Waals surface area (Å²) >= 11 is 0. The van der Waals surface area contributed by atoms with E-state index in [0.717, 1.165) is 6.42 Å². The van der Waals surface area contributed by atoms with Crippen molar-refractivity contribution in [1.29, 1.82) is 0 Å². The minimum absolute atomic E-state index is 0.240. The molecule has 6 nitrogen and oxygen atoms in total.